The minimum absolute atomic E-state index is 0.293. The molecule has 6 nitrogen and oxygen atoms in total. The van der Waals surface area contributed by atoms with Crippen molar-refractivity contribution in [2.75, 3.05) is 0 Å². The molecule has 0 aliphatic heterocycles. The molecule has 1 N–H and O–H groups in total. The molecule has 2 amide bonds. The molecular weight excluding hydrogens is 392 g/mol. The Morgan fingerprint density at radius 2 is 1.42 bits per heavy atom. The first-order valence-corrected chi connectivity index (χ1v) is 12.1. The van der Waals surface area contributed by atoms with Gasteiger partial charge < -0.3 is 9.47 Å². The summed E-state index contributed by atoms with van der Waals surface area (Å²) in [4.78, 5) is 25.3. The molecule has 31 heavy (non-hydrogen) atoms. The number of rotatable bonds is 15. The monoisotopic (exact) mass is 438 g/mol. The first-order chi connectivity index (χ1) is 14.8. The van der Waals surface area contributed by atoms with Gasteiger partial charge in [0.15, 0.2) is 0 Å². The maximum Gasteiger partial charge on any atom is 0.429 e. The first-order valence-electron chi connectivity index (χ1n) is 12.1. The molecule has 0 aromatic carbocycles. The normalized spacial score (nSPS) is 11.7. The van der Waals surface area contributed by atoms with Crippen molar-refractivity contribution in [2.24, 2.45) is 0 Å². The average molecular weight is 439 g/mol. The molecule has 0 radical (unpaired) electrons. The van der Waals surface area contributed by atoms with E-state index in [0.717, 1.165) is 44.1 Å². The first kappa shape index (κ1) is 29.1. The summed E-state index contributed by atoms with van der Waals surface area (Å²) in [7, 11) is 0. The van der Waals surface area contributed by atoms with Crippen molar-refractivity contribution in [3.05, 3.63) is 17.9 Å². The number of unbranched alkanes of at least 4 members (excludes halogenated alkanes) is 7. The fourth-order valence-electron chi connectivity index (χ4n) is 3.36. The maximum absolute atomic E-state index is 12.9. The van der Waals surface area contributed by atoms with Crippen LogP contribution in [0.2, 0.25) is 0 Å². The third-order valence-electron chi connectivity index (χ3n) is 4.91. The highest BCUT2D eigenvalue weighted by Gasteiger charge is 2.30. The minimum Gasteiger partial charge on any atom is -0.446 e. The smallest absolute Gasteiger partial charge is 0.429 e. The number of hydrazine groups is 1. The lowest BCUT2D eigenvalue weighted by molar-refractivity contribution is 0.0345. The van der Waals surface area contributed by atoms with Crippen molar-refractivity contribution in [1.82, 2.24) is 10.4 Å². The van der Waals surface area contributed by atoms with Crippen LogP contribution in [0.3, 0.4) is 0 Å². The summed E-state index contributed by atoms with van der Waals surface area (Å²) in [6.07, 6.45) is 9.70. The summed E-state index contributed by atoms with van der Waals surface area (Å²) in [6, 6.07) is -0.355. The van der Waals surface area contributed by atoms with Gasteiger partial charge in [-0.15, -0.1) is 5.73 Å². The number of nitrogens with one attached hydrogen (secondary N) is 1. The van der Waals surface area contributed by atoms with Crippen molar-refractivity contribution < 1.29 is 19.1 Å². The van der Waals surface area contributed by atoms with Crippen molar-refractivity contribution >= 4 is 12.2 Å². The van der Waals surface area contributed by atoms with Gasteiger partial charge in [0.05, 0.1) is 18.2 Å². The highest BCUT2D eigenvalue weighted by molar-refractivity contribution is 5.74. The van der Waals surface area contributed by atoms with Crippen molar-refractivity contribution in [3.63, 3.8) is 0 Å². The van der Waals surface area contributed by atoms with Gasteiger partial charge in [-0.3, -0.25) is 0 Å². The van der Waals surface area contributed by atoms with Crippen LogP contribution in [0.15, 0.2) is 17.9 Å². The molecule has 0 aromatic rings. The van der Waals surface area contributed by atoms with Crippen LogP contribution in [0.5, 0.6) is 0 Å². The zero-order valence-corrected chi connectivity index (χ0v) is 20.8. The Hall–Kier alpha value is -1.94. The summed E-state index contributed by atoms with van der Waals surface area (Å²) >= 11 is 0. The fourth-order valence-corrected chi connectivity index (χ4v) is 3.36. The van der Waals surface area contributed by atoms with Crippen LogP contribution in [0, 0.1) is 0 Å². The number of nitrogens with zero attached hydrogens (tertiary/aromatic N) is 1. The lowest BCUT2D eigenvalue weighted by atomic mass is 9.95. The quantitative estimate of drug-likeness (QED) is 0.165. The largest absolute Gasteiger partial charge is 0.446 e. The summed E-state index contributed by atoms with van der Waals surface area (Å²) < 4.78 is 10.7. The molecule has 0 spiro atoms. The predicted molar refractivity (Wildman–Crippen MR) is 127 cm³/mol. The molecule has 0 rings (SSSR count). The Balaban J connectivity index is 5.55. The van der Waals surface area contributed by atoms with Crippen LogP contribution in [0.1, 0.15) is 112 Å². The van der Waals surface area contributed by atoms with E-state index in [1.165, 1.54) is 30.7 Å². The topological polar surface area (TPSA) is 67.9 Å². The van der Waals surface area contributed by atoms with Crippen molar-refractivity contribution in [3.8, 4) is 0 Å². The Labute approximate surface area is 190 Å². The number of hydrogen-bond donors (Lipinski definition) is 1. The molecule has 0 aliphatic rings. The van der Waals surface area contributed by atoms with Gasteiger partial charge in [0.25, 0.3) is 0 Å². The Kier molecular flexibility index (Phi) is 16.6. The summed E-state index contributed by atoms with van der Waals surface area (Å²) in [5.74, 6) is 0. The Morgan fingerprint density at radius 1 is 0.871 bits per heavy atom. The van der Waals surface area contributed by atoms with Gasteiger partial charge in [-0.1, -0.05) is 71.8 Å². The number of hydrogen-bond acceptors (Lipinski definition) is 4. The van der Waals surface area contributed by atoms with Crippen molar-refractivity contribution in [2.45, 2.75) is 130 Å². The molecule has 1 unspecified atom stereocenters. The number of amides is 2. The van der Waals surface area contributed by atoms with Gasteiger partial charge in [-0.2, -0.15) is 0 Å². The third-order valence-corrected chi connectivity index (χ3v) is 4.91. The van der Waals surface area contributed by atoms with Gasteiger partial charge in [-0.05, 0) is 52.5 Å². The highest BCUT2D eigenvalue weighted by atomic mass is 16.6. The molecule has 0 bridgehead atoms. The van der Waals surface area contributed by atoms with E-state index in [4.69, 9.17) is 9.47 Å². The molecule has 180 valence electrons. The average Bonchev–Trinajstić information content (AvgIpc) is 2.69. The van der Waals surface area contributed by atoms with E-state index in [1.807, 2.05) is 0 Å². The van der Waals surface area contributed by atoms with E-state index in [2.05, 4.69) is 31.6 Å². The molecular formula is C25H46N2O4. The zero-order valence-electron chi connectivity index (χ0n) is 20.8. The van der Waals surface area contributed by atoms with Gasteiger partial charge in [0.2, 0.25) is 0 Å². The lowest BCUT2D eigenvalue weighted by Gasteiger charge is -2.32. The molecule has 0 aliphatic carbocycles. The van der Waals surface area contributed by atoms with Gasteiger partial charge in [0, 0.05) is 0 Å². The van der Waals surface area contributed by atoms with E-state index >= 15 is 0 Å². The summed E-state index contributed by atoms with van der Waals surface area (Å²) in [5, 5.41) is 1.29. The van der Waals surface area contributed by atoms with Crippen LogP contribution in [-0.4, -0.2) is 35.4 Å². The van der Waals surface area contributed by atoms with Gasteiger partial charge >= 0.3 is 12.2 Å². The van der Waals surface area contributed by atoms with E-state index < -0.39 is 12.2 Å². The number of ether oxygens (including phenoxy) is 2. The molecule has 0 aromatic heterocycles. The molecule has 1 atom stereocenters. The van der Waals surface area contributed by atoms with Crippen LogP contribution in [-0.2, 0) is 9.47 Å². The molecule has 0 heterocycles. The number of carbonyl (C=O) groups excluding carboxylic acids is 2. The van der Waals surface area contributed by atoms with Crippen LogP contribution in [0.4, 0.5) is 9.59 Å². The summed E-state index contributed by atoms with van der Waals surface area (Å²) in [6.45, 7) is 15.3. The third kappa shape index (κ3) is 13.9. The fraction of sp³-hybridized carbons (Fsp3) is 0.800. The summed E-state index contributed by atoms with van der Waals surface area (Å²) in [5.41, 5.74) is 6.60. The minimum atomic E-state index is -0.666. The number of carbonyl (C=O) groups is 2. The molecule has 0 fully saturated rings. The van der Waals surface area contributed by atoms with Crippen molar-refractivity contribution in [1.29, 1.82) is 0 Å². The molecule has 0 saturated carbocycles. The van der Waals surface area contributed by atoms with Gasteiger partial charge in [0.1, 0.15) is 0 Å². The zero-order chi connectivity index (χ0) is 23.6. The van der Waals surface area contributed by atoms with Gasteiger partial charge in [-0.25, -0.2) is 20.0 Å². The van der Waals surface area contributed by atoms with Crippen LogP contribution >= 0.6 is 0 Å². The SMILES string of the molecule is C=C=C(CCCCC)C(CCCCCCCC)N(NC(=O)OC(C)C)C(=O)OC(C)C. The maximum atomic E-state index is 12.9. The Bertz CT molecular complexity index is 554. The van der Waals surface area contributed by atoms with E-state index in [0.29, 0.717) is 6.42 Å². The predicted octanol–water partition coefficient (Wildman–Crippen LogP) is 7.29. The second-order valence-electron chi connectivity index (χ2n) is 8.60. The van der Waals surface area contributed by atoms with Crippen LogP contribution < -0.4 is 5.43 Å². The van der Waals surface area contributed by atoms with E-state index in [1.54, 1.807) is 27.7 Å². The Morgan fingerprint density at radius 3 is 1.97 bits per heavy atom. The van der Waals surface area contributed by atoms with Crippen LogP contribution in [0.25, 0.3) is 0 Å². The molecule has 6 heteroatoms. The standard InChI is InChI=1S/C25H46N2O4/c1-8-11-13-14-15-17-19-23(22(10-3)18-16-12-9-2)27(25(29)31-21(6)7)26-24(28)30-20(4)5/h20-21,23H,3,8-9,11-19H2,1-2,4-7H3,(H,26,28). The van der Waals surface area contributed by atoms with E-state index in [-0.39, 0.29) is 18.2 Å². The second-order valence-corrected chi connectivity index (χ2v) is 8.60. The lowest BCUT2D eigenvalue weighted by Crippen LogP contribution is -2.53. The molecule has 0 saturated heterocycles. The van der Waals surface area contributed by atoms with E-state index in [9.17, 15) is 9.59 Å². The second kappa shape index (κ2) is 17.7. The highest BCUT2D eigenvalue weighted by Crippen LogP contribution is 2.23.